The van der Waals surface area contributed by atoms with Crippen LogP contribution in [0.4, 0.5) is 17.1 Å². The van der Waals surface area contributed by atoms with Gasteiger partial charge in [0.2, 0.25) is 0 Å². The van der Waals surface area contributed by atoms with Gasteiger partial charge in [0.05, 0.1) is 14.6 Å². The zero-order chi connectivity index (χ0) is 17.8. The summed E-state index contributed by atoms with van der Waals surface area (Å²) in [5, 5.41) is 0. The van der Waals surface area contributed by atoms with Crippen LogP contribution in [-0.2, 0) is 0 Å². The first kappa shape index (κ1) is 17.7. The van der Waals surface area contributed by atoms with Gasteiger partial charge in [-0.05, 0) is 42.4 Å². The summed E-state index contributed by atoms with van der Waals surface area (Å²) in [5.74, 6) is 0. The van der Waals surface area contributed by atoms with E-state index in [1.54, 1.807) is 0 Å². The molecule has 0 aromatic heterocycles. The zero-order valence-electron chi connectivity index (χ0n) is 15.5. The second kappa shape index (κ2) is 7.38. The molecule has 0 fully saturated rings. The first-order valence-electron chi connectivity index (χ1n) is 9.07. The molecule has 2 heteroatoms. The van der Waals surface area contributed by atoms with Crippen LogP contribution in [0, 0.1) is 0 Å². The maximum absolute atomic E-state index is 2.46. The van der Waals surface area contributed by atoms with Gasteiger partial charge in [0, 0.05) is 0 Å². The highest BCUT2D eigenvalue weighted by atomic mass is 28.3. The van der Waals surface area contributed by atoms with Crippen molar-refractivity contribution in [1.82, 2.24) is 4.48 Å². The normalized spacial score (nSPS) is 12.1. The van der Waals surface area contributed by atoms with Crippen LogP contribution in [0.2, 0.25) is 25.7 Å². The number of hydrogen-bond donors (Lipinski definition) is 0. The van der Waals surface area contributed by atoms with Crippen molar-refractivity contribution in [2.75, 3.05) is 6.54 Å². The quantitative estimate of drug-likeness (QED) is 0.333. The first-order chi connectivity index (χ1) is 12.0. The van der Waals surface area contributed by atoms with Crippen molar-refractivity contribution in [3.63, 3.8) is 0 Å². The Kier molecular flexibility index (Phi) is 5.21. The molecule has 0 heterocycles. The fourth-order valence-corrected chi connectivity index (χ4v) is 4.39. The lowest BCUT2D eigenvalue weighted by Gasteiger charge is -2.39. The van der Waals surface area contributed by atoms with Gasteiger partial charge in [-0.15, -0.1) is 0 Å². The monoisotopic (exact) mass is 346 g/mol. The van der Waals surface area contributed by atoms with E-state index in [0.717, 1.165) is 11.0 Å². The van der Waals surface area contributed by atoms with Gasteiger partial charge in [-0.2, -0.15) is 0 Å². The molecule has 0 bridgehead atoms. The average Bonchev–Trinajstić information content (AvgIpc) is 2.64. The fraction of sp³-hybridized carbons (Fsp3) is 0.217. The van der Waals surface area contributed by atoms with Crippen molar-refractivity contribution in [3.8, 4) is 0 Å². The Labute approximate surface area is 153 Å². The van der Waals surface area contributed by atoms with Crippen molar-refractivity contribution < 1.29 is 0 Å². The van der Waals surface area contributed by atoms with Gasteiger partial charge in [0.25, 0.3) is 0 Å². The molecule has 1 nitrogen and oxygen atoms in total. The molecule has 128 valence electrons. The summed E-state index contributed by atoms with van der Waals surface area (Å²) in [5.41, 5.74) is 3.99. The van der Waals surface area contributed by atoms with Gasteiger partial charge in [-0.1, -0.05) is 74.2 Å². The minimum atomic E-state index is -1.18. The number of benzene rings is 3. The van der Waals surface area contributed by atoms with Crippen LogP contribution in [0.25, 0.3) is 0 Å². The molecule has 0 N–H and O–H groups in total. The van der Waals surface area contributed by atoms with Crippen molar-refractivity contribution in [2.45, 2.75) is 25.7 Å². The van der Waals surface area contributed by atoms with Gasteiger partial charge in [0.15, 0.2) is 0 Å². The molecule has 3 aromatic carbocycles. The molecule has 3 rings (SSSR count). The van der Waals surface area contributed by atoms with E-state index in [4.69, 9.17) is 0 Å². The lowest BCUT2D eigenvalue weighted by Crippen LogP contribution is -2.42. The van der Waals surface area contributed by atoms with E-state index in [2.05, 4.69) is 111 Å². The first-order valence-corrected chi connectivity index (χ1v) is 12.8. The van der Waals surface area contributed by atoms with Gasteiger partial charge < -0.3 is 0 Å². The molecule has 0 radical (unpaired) electrons. The van der Waals surface area contributed by atoms with Crippen molar-refractivity contribution in [3.05, 3.63) is 91.0 Å². The molecule has 0 amide bonds. The highest BCUT2D eigenvalue weighted by Gasteiger charge is 2.37. The van der Waals surface area contributed by atoms with Crippen LogP contribution >= 0.6 is 0 Å². The van der Waals surface area contributed by atoms with E-state index >= 15 is 0 Å². The second-order valence-corrected chi connectivity index (χ2v) is 13.5. The Hall–Kier alpha value is -2.16. The SMILES string of the molecule is C[Si](C)(C)CC[N+](c1ccccc1)(c1ccccc1)c1ccccc1. The molecular weight excluding hydrogens is 318 g/mol. The average molecular weight is 347 g/mol. The number of quaternary nitrogens is 1. The van der Waals surface area contributed by atoms with Crippen LogP contribution in [0.3, 0.4) is 0 Å². The largest absolute Gasteiger partial charge is 0.227 e. The van der Waals surface area contributed by atoms with E-state index in [1.807, 2.05) is 0 Å². The summed E-state index contributed by atoms with van der Waals surface area (Å²) < 4.78 is 0.785. The summed E-state index contributed by atoms with van der Waals surface area (Å²) in [6.45, 7) is 8.47. The summed E-state index contributed by atoms with van der Waals surface area (Å²) in [7, 11) is -1.18. The third kappa shape index (κ3) is 3.92. The third-order valence-electron chi connectivity index (χ3n) is 4.79. The Morgan fingerprint density at radius 2 is 0.880 bits per heavy atom. The number of para-hydroxylation sites is 3. The molecule has 3 aromatic rings. The van der Waals surface area contributed by atoms with Gasteiger partial charge in [-0.3, -0.25) is 0 Å². The molecule has 25 heavy (non-hydrogen) atoms. The van der Waals surface area contributed by atoms with E-state index < -0.39 is 8.07 Å². The predicted octanol–water partition coefficient (Wildman–Crippen LogP) is 7.00. The smallest absolute Gasteiger partial charge is 0.143 e. The van der Waals surface area contributed by atoms with E-state index in [0.29, 0.717) is 0 Å². The molecule has 0 aliphatic carbocycles. The summed E-state index contributed by atoms with van der Waals surface area (Å²) >= 11 is 0. The zero-order valence-corrected chi connectivity index (χ0v) is 16.5. The summed E-state index contributed by atoms with van der Waals surface area (Å²) in [6, 6.07) is 34.1. The number of nitrogens with zero attached hydrogens (tertiary/aromatic N) is 1. The van der Waals surface area contributed by atoms with Crippen LogP contribution in [-0.4, -0.2) is 14.6 Å². The maximum Gasteiger partial charge on any atom is 0.143 e. The molecular formula is C23H28NSi+. The third-order valence-corrected chi connectivity index (χ3v) is 6.51. The Morgan fingerprint density at radius 3 is 1.16 bits per heavy atom. The highest BCUT2D eigenvalue weighted by molar-refractivity contribution is 6.76. The number of rotatable bonds is 6. The molecule has 0 atom stereocenters. The van der Waals surface area contributed by atoms with Crippen molar-refractivity contribution in [2.24, 2.45) is 0 Å². The molecule has 0 spiro atoms. The van der Waals surface area contributed by atoms with Gasteiger partial charge >= 0.3 is 0 Å². The number of hydrogen-bond acceptors (Lipinski definition) is 0. The van der Waals surface area contributed by atoms with Crippen LogP contribution in [0.5, 0.6) is 0 Å². The maximum atomic E-state index is 2.46. The Bertz CT molecular complexity index is 680. The van der Waals surface area contributed by atoms with Crippen LogP contribution in [0.15, 0.2) is 91.0 Å². The minimum Gasteiger partial charge on any atom is -0.227 e. The van der Waals surface area contributed by atoms with Crippen molar-refractivity contribution >= 4 is 25.1 Å². The van der Waals surface area contributed by atoms with E-state index in [-0.39, 0.29) is 0 Å². The molecule has 0 aliphatic rings. The molecule has 0 saturated carbocycles. The minimum absolute atomic E-state index is 0.785. The fourth-order valence-electron chi connectivity index (χ4n) is 3.39. The predicted molar refractivity (Wildman–Crippen MR) is 113 cm³/mol. The highest BCUT2D eigenvalue weighted by Crippen LogP contribution is 2.44. The Balaban J connectivity index is 2.24. The summed E-state index contributed by atoms with van der Waals surface area (Å²) in [4.78, 5) is 0. The summed E-state index contributed by atoms with van der Waals surface area (Å²) in [6.07, 6.45) is 0. The standard InChI is InChI=1S/C23H28NSi/c1-25(2,3)20-19-24(21-13-7-4-8-14-21,22-15-9-5-10-16-22)23-17-11-6-12-18-23/h4-18H,19-20H2,1-3H3/q+1. The van der Waals surface area contributed by atoms with Crippen molar-refractivity contribution in [1.29, 1.82) is 0 Å². The molecule has 0 aliphatic heterocycles. The molecule has 0 unspecified atom stereocenters. The lowest BCUT2D eigenvalue weighted by atomic mass is 10.1. The van der Waals surface area contributed by atoms with Crippen LogP contribution in [0.1, 0.15) is 0 Å². The van der Waals surface area contributed by atoms with Gasteiger partial charge in [-0.25, -0.2) is 4.48 Å². The lowest BCUT2D eigenvalue weighted by molar-refractivity contribution is 0.541. The second-order valence-electron chi connectivity index (χ2n) is 7.85. The topological polar surface area (TPSA) is 0 Å². The Morgan fingerprint density at radius 1 is 0.560 bits per heavy atom. The van der Waals surface area contributed by atoms with Gasteiger partial charge in [0.1, 0.15) is 17.1 Å². The van der Waals surface area contributed by atoms with E-state index in [1.165, 1.54) is 23.1 Å². The van der Waals surface area contributed by atoms with Crippen LogP contribution < -0.4 is 4.48 Å². The van der Waals surface area contributed by atoms with E-state index in [9.17, 15) is 0 Å². The molecule has 0 saturated heterocycles.